The second-order valence-corrected chi connectivity index (χ2v) is 9.91. The number of hydrazone groups is 1. The summed E-state index contributed by atoms with van der Waals surface area (Å²) in [6.07, 6.45) is -7.40. The monoisotopic (exact) mass is 663 g/mol. The molecule has 0 fully saturated rings. The molecule has 18 heteroatoms. The smallest absolute Gasteiger partial charge is 0.268 e. The van der Waals surface area contributed by atoms with Crippen LogP contribution in [0.1, 0.15) is 29.2 Å². The Balaban J connectivity index is 1.81. The van der Waals surface area contributed by atoms with E-state index >= 15 is 0 Å². The van der Waals surface area contributed by atoms with Gasteiger partial charge in [-0.3, -0.25) is 19.8 Å². The fourth-order valence-electron chi connectivity index (χ4n) is 3.76. The van der Waals surface area contributed by atoms with Gasteiger partial charge < -0.3 is 0 Å². The largest absolute Gasteiger partial charge is 0.417 e. The number of alkyl halides is 6. The second kappa shape index (κ2) is 12.3. The molecular formula is C26H18Cl2F7N7O2. The second-order valence-electron chi connectivity index (χ2n) is 9.10. The summed E-state index contributed by atoms with van der Waals surface area (Å²) in [5, 5.41) is 4.06. The fraction of sp³-hybridized carbons (Fsp3) is 0.192. The minimum Gasteiger partial charge on any atom is -0.268 e. The standard InChI is InChI=1S/C26H18Cl2F7N7O2/c1-13(38-39-21-19(27)7-15(9-36-21)25(30,31)32)18-12-42(40(2)22-20(28)8-16(10-37-22)26(33,34)35)24(44)41(23(18)43)11-14-3-5-17(29)6-4-14/h3-10,12H,11H2,1-2H3,(H,36,39). The Morgan fingerprint density at radius 3 is 2.07 bits per heavy atom. The van der Waals surface area contributed by atoms with Crippen molar-refractivity contribution in [2.75, 3.05) is 17.5 Å². The van der Waals surface area contributed by atoms with Crippen molar-refractivity contribution in [1.82, 2.24) is 19.2 Å². The van der Waals surface area contributed by atoms with Gasteiger partial charge in [-0.1, -0.05) is 35.3 Å². The van der Waals surface area contributed by atoms with Crippen LogP contribution in [0.15, 0.2) is 69.7 Å². The first-order valence-electron chi connectivity index (χ1n) is 12.1. The van der Waals surface area contributed by atoms with Crippen molar-refractivity contribution in [3.63, 3.8) is 0 Å². The number of hydrogen-bond donors (Lipinski definition) is 1. The molecule has 0 spiro atoms. The van der Waals surface area contributed by atoms with E-state index in [9.17, 15) is 40.3 Å². The van der Waals surface area contributed by atoms with Gasteiger partial charge in [0.05, 0.1) is 39.0 Å². The van der Waals surface area contributed by atoms with E-state index in [4.69, 9.17) is 23.2 Å². The van der Waals surface area contributed by atoms with Gasteiger partial charge in [0, 0.05) is 25.6 Å². The molecule has 0 saturated heterocycles. The third kappa shape index (κ3) is 7.02. The Labute approximate surface area is 252 Å². The van der Waals surface area contributed by atoms with Gasteiger partial charge in [0.15, 0.2) is 11.6 Å². The molecule has 0 aliphatic carbocycles. The van der Waals surface area contributed by atoms with Crippen LogP contribution < -0.4 is 21.7 Å². The van der Waals surface area contributed by atoms with E-state index in [1.165, 1.54) is 26.1 Å². The number of rotatable bonds is 7. The molecule has 0 aliphatic heterocycles. The van der Waals surface area contributed by atoms with Gasteiger partial charge in [-0.05, 0) is 36.8 Å². The molecule has 3 heterocycles. The maximum absolute atomic E-state index is 13.5. The summed E-state index contributed by atoms with van der Waals surface area (Å²) < 4.78 is 93.3. The molecule has 0 atom stereocenters. The Bertz CT molecular complexity index is 1850. The fourth-order valence-corrected chi connectivity index (χ4v) is 4.26. The molecule has 44 heavy (non-hydrogen) atoms. The molecule has 0 amide bonds. The molecule has 0 bridgehead atoms. The maximum Gasteiger partial charge on any atom is 0.417 e. The number of aromatic nitrogens is 4. The highest BCUT2D eigenvalue weighted by Crippen LogP contribution is 2.34. The lowest BCUT2D eigenvalue weighted by molar-refractivity contribution is -0.138. The molecular weight excluding hydrogens is 646 g/mol. The molecule has 232 valence electrons. The van der Waals surface area contributed by atoms with Gasteiger partial charge in [-0.25, -0.2) is 23.8 Å². The highest BCUT2D eigenvalue weighted by molar-refractivity contribution is 6.33. The van der Waals surface area contributed by atoms with Crippen LogP contribution in [0.5, 0.6) is 0 Å². The van der Waals surface area contributed by atoms with E-state index < -0.39 is 50.6 Å². The van der Waals surface area contributed by atoms with E-state index in [2.05, 4.69) is 20.5 Å². The van der Waals surface area contributed by atoms with Crippen LogP contribution in [0.25, 0.3) is 0 Å². The molecule has 4 aromatic rings. The Morgan fingerprint density at radius 2 is 1.52 bits per heavy atom. The third-order valence-corrected chi connectivity index (χ3v) is 6.64. The molecule has 0 unspecified atom stereocenters. The molecule has 3 aromatic heterocycles. The van der Waals surface area contributed by atoms with Crippen molar-refractivity contribution >= 4 is 40.5 Å². The number of anilines is 2. The van der Waals surface area contributed by atoms with E-state index in [1.807, 2.05) is 0 Å². The maximum atomic E-state index is 13.5. The van der Waals surface area contributed by atoms with Crippen LogP contribution in [0.2, 0.25) is 10.0 Å². The predicted molar refractivity (Wildman–Crippen MR) is 149 cm³/mol. The summed E-state index contributed by atoms with van der Waals surface area (Å²) in [6.45, 7) is 0.961. The van der Waals surface area contributed by atoms with Gasteiger partial charge in [-0.2, -0.15) is 31.4 Å². The van der Waals surface area contributed by atoms with Crippen molar-refractivity contribution in [2.45, 2.75) is 25.8 Å². The summed E-state index contributed by atoms with van der Waals surface area (Å²) in [6, 6.07) is 6.11. The summed E-state index contributed by atoms with van der Waals surface area (Å²) in [5.41, 5.74) is -1.74. The molecule has 1 N–H and O–H groups in total. The molecule has 4 rings (SSSR count). The van der Waals surface area contributed by atoms with Crippen LogP contribution in [0, 0.1) is 5.82 Å². The zero-order valence-electron chi connectivity index (χ0n) is 22.3. The van der Waals surface area contributed by atoms with Crippen LogP contribution in [0.3, 0.4) is 0 Å². The minimum atomic E-state index is -4.74. The molecule has 0 radical (unpaired) electrons. The first-order valence-corrected chi connectivity index (χ1v) is 12.8. The number of nitrogens with zero attached hydrogens (tertiary/aromatic N) is 6. The lowest BCUT2D eigenvalue weighted by Crippen LogP contribution is -2.48. The van der Waals surface area contributed by atoms with Gasteiger partial charge >= 0.3 is 18.0 Å². The lowest BCUT2D eigenvalue weighted by atomic mass is 10.2. The molecule has 0 aliphatic rings. The van der Waals surface area contributed by atoms with Crippen LogP contribution in [0.4, 0.5) is 42.4 Å². The number of hydrogen-bond acceptors (Lipinski definition) is 7. The quantitative estimate of drug-likeness (QED) is 0.147. The van der Waals surface area contributed by atoms with Gasteiger partial charge in [0.25, 0.3) is 5.56 Å². The highest BCUT2D eigenvalue weighted by Gasteiger charge is 2.33. The first kappa shape index (κ1) is 32.5. The Morgan fingerprint density at radius 1 is 0.955 bits per heavy atom. The topological polar surface area (TPSA) is 97.4 Å². The molecule has 9 nitrogen and oxygen atoms in total. The zero-order valence-corrected chi connectivity index (χ0v) is 23.8. The number of benzene rings is 1. The van der Waals surface area contributed by atoms with Crippen LogP contribution >= 0.6 is 23.2 Å². The SMILES string of the molecule is CC(=NNc1ncc(C(F)(F)F)cc1Cl)c1cn(N(C)c2ncc(C(F)(F)F)cc2Cl)c(=O)n(Cc2ccc(F)cc2)c1=O. The zero-order chi connectivity index (χ0) is 32.6. The van der Waals surface area contributed by atoms with E-state index in [1.54, 1.807) is 0 Å². The Kier molecular flexibility index (Phi) is 9.06. The van der Waals surface area contributed by atoms with E-state index in [0.717, 1.165) is 32.6 Å². The van der Waals surface area contributed by atoms with Gasteiger partial charge in [0.2, 0.25) is 0 Å². The number of nitrogens with one attached hydrogen (secondary N) is 1. The first-order chi connectivity index (χ1) is 20.5. The van der Waals surface area contributed by atoms with Gasteiger partial charge in [0.1, 0.15) is 5.82 Å². The van der Waals surface area contributed by atoms with Gasteiger partial charge in [-0.15, -0.1) is 0 Å². The lowest BCUT2D eigenvalue weighted by Gasteiger charge is -2.23. The summed E-state index contributed by atoms with van der Waals surface area (Å²) in [7, 11) is 1.25. The number of halogens is 9. The molecule has 0 saturated carbocycles. The van der Waals surface area contributed by atoms with Crippen molar-refractivity contribution in [2.24, 2.45) is 5.10 Å². The number of pyridine rings is 2. The normalized spacial score (nSPS) is 12.4. The minimum absolute atomic E-state index is 0.103. The van der Waals surface area contributed by atoms with Crippen LogP contribution in [-0.4, -0.2) is 32.0 Å². The average Bonchev–Trinajstić information content (AvgIpc) is 2.94. The van der Waals surface area contributed by atoms with E-state index in [-0.39, 0.29) is 29.5 Å². The third-order valence-electron chi connectivity index (χ3n) is 6.07. The predicted octanol–water partition coefficient (Wildman–Crippen LogP) is 6.07. The summed E-state index contributed by atoms with van der Waals surface area (Å²) in [5.74, 6) is -1.13. The van der Waals surface area contributed by atoms with E-state index in [0.29, 0.717) is 30.1 Å². The average molecular weight is 664 g/mol. The van der Waals surface area contributed by atoms with Crippen molar-refractivity contribution in [3.8, 4) is 0 Å². The van der Waals surface area contributed by atoms with Crippen molar-refractivity contribution < 1.29 is 30.7 Å². The summed E-state index contributed by atoms with van der Waals surface area (Å²) >= 11 is 12.0. The summed E-state index contributed by atoms with van der Waals surface area (Å²) in [4.78, 5) is 34.3. The van der Waals surface area contributed by atoms with Crippen molar-refractivity contribution in [3.05, 3.63) is 114 Å². The molecule has 1 aromatic carbocycles. The van der Waals surface area contributed by atoms with Crippen LogP contribution in [-0.2, 0) is 18.9 Å². The Hall–Kier alpha value is -4.44. The van der Waals surface area contributed by atoms with Crippen molar-refractivity contribution in [1.29, 1.82) is 0 Å². The highest BCUT2D eigenvalue weighted by atomic mass is 35.5.